The average Bonchev–Trinajstić information content (AvgIpc) is 2.63. The smallest absolute Gasteiger partial charge is 0.240 e. The van der Waals surface area contributed by atoms with Gasteiger partial charge in [0.25, 0.3) is 0 Å². The molecule has 2 N–H and O–H groups in total. The highest BCUT2D eigenvalue weighted by Crippen LogP contribution is 2.18. The number of fused-ring (bicyclic) bond motifs is 1. The summed E-state index contributed by atoms with van der Waals surface area (Å²) in [5.74, 6) is 1.77. The molecule has 1 fully saturated rings. The largest absolute Gasteiger partial charge is 0.336 e. The highest BCUT2D eigenvalue weighted by molar-refractivity contribution is 7.99. The van der Waals surface area contributed by atoms with Gasteiger partial charge in [0.2, 0.25) is 5.91 Å². The fourth-order valence-corrected chi connectivity index (χ4v) is 3.43. The number of carbonyl (C=O) groups is 1. The highest BCUT2D eigenvalue weighted by Gasteiger charge is 2.24. The van der Waals surface area contributed by atoms with Crippen LogP contribution in [-0.2, 0) is 11.3 Å². The molecule has 0 aliphatic carbocycles. The molecule has 2 aromatic carbocycles. The second-order valence-electron chi connectivity index (χ2n) is 5.12. The summed E-state index contributed by atoms with van der Waals surface area (Å²) in [5, 5.41) is 2.44. The number of halogens is 1. The summed E-state index contributed by atoms with van der Waals surface area (Å²) in [7, 11) is 0. The number of nitrogens with two attached hydrogens (primary N) is 1. The molecule has 1 heterocycles. The SMILES string of the molecule is Cl.NC1CSCCN(Cc2ccc3ccccc3c2)C1=O. The van der Waals surface area contributed by atoms with Crippen molar-refractivity contribution in [2.75, 3.05) is 18.1 Å². The van der Waals surface area contributed by atoms with Gasteiger partial charge in [0.05, 0.1) is 6.04 Å². The maximum Gasteiger partial charge on any atom is 0.240 e. The molecule has 1 amide bonds. The number of hydrogen-bond acceptors (Lipinski definition) is 3. The molecule has 3 rings (SSSR count). The van der Waals surface area contributed by atoms with E-state index in [2.05, 4.69) is 30.3 Å². The summed E-state index contributed by atoms with van der Waals surface area (Å²) in [6, 6.07) is 14.3. The first-order valence-corrected chi connectivity index (χ1v) is 7.99. The van der Waals surface area contributed by atoms with Gasteiger partial charge in [0.1, 0.15) is 0 Å². The molecule has 21 heavy (non-hydrogen) atoms. The zero-order chi connectivity index (χ0) is 13.9. The maximum absolute atomic E-state index is 12.2. The average molecular weight is 323 g/mol. The fourth-order valence-electron chi connectivity index (χ4n) is 2.52. The van der Waals surface area contributed by atoms with Gasteiger partial charge in [-0.25, -0.2) is 0 Å². The van der Waals surface area contributed by atoms with Gasteiger partial charge >= 0.3 is 0 Å². The van der Waals surface area contributed by atoms with E-state index < -0.39 is 0 Å². The number of benzene rings is 2. The topological polar surface area (TPSA) is 46.3 Å². The van der Waals surface area contributed by atoms with Crippen molar-refractivity contribution < 1.29 is 4.79 Å². The molecule has 0 spiro atoms. The van der Waals surface area contributed by atoms with E-state index in [4.69, 9.17) is 5.73 Å². The van der Waals surface area contributed by atoms with Crippen LogP contribution in [0.3, 0.4) is 0 Å². The summed E-state index contributed by atoms with van der Waals surface area (Å²) < 4.78 is 0. The summed E-state index contributed by atoms with van der Waals surface area (Å²) in [6.07, 6.45) is 0. The van der Waals surface area contributed by atoms with Crippen molar-refractivity contribution in [2.45, 2.75) is 12.6 Å². The molecule has 0 radical (unpaired) electrons. The van der Waals surface area contributed by atoms with Crippen LogP contribution in [0, 0.1) is 0 Å². The zero-order valence-corrected chi connectivity index (χ0v) is 13.3. The van der Waals surface area contributed by atoms with Crippen molar-refractivity contribution in [1.82, 2.24) is 4.90 Å². The van der Waals surface area contributed by atoms with E-state index in [1.165, 1.54) is 10.8 Å². The second-order valence-corrected chi connectivity index (χ2v) is 6.27. The van der Waals surface area contributed by atoms with Crippen LogP contribution >= 0.6 is 24.2 Å². The van der Waals surface area contributed by atoms with Crippen LogP contribution < -0.4 is 5.73 Å². The van der Waals surface area contributed by atoms with Gasteiger partial charge in [-0.2, -0.15) is 11.8 Å². The van der Waals surface area contributed by atoms with Gasteiger partial charge in [-0.15, -0.1) is 12.4 Å². The Balaban J connectivity index is 0.00000161. The van der Waals surface area contributed by atoms with Gasteiger partial charge < -0.3 is 10.6 Å². The van der Waals surface area contributed by atoms with Gasteiger partial charge in [0, 0.05) is 24.6 Å². The van der Waals surface area contributed by atoms with Crippen LogP contribution in [0.2, 0.25) is 0 Å². The second kappa shape index (κ2) is 7.16. The third-order valence-corrected chi connectivity index (χ3v) is 4.69. The lowest BCUT2D eigenvalue weighted by molar-refractivity contribution is -0.132. The van der Waals surface area contributed by atoms with E-state index in [0.717, 1.165) is 23.6 Å². The minimum atomic E-state index is -0.358. The van der Waals surface area contributed by atoms with Crippen LogP contribution in [0.25, 0.3) is 10.8 Å². The van der Waals surface area contributed by atoms with E-state index in [0.29, 0.717) is 6.54 Å². The number of rotatable bonds is 2. The Labute approximate surface area is 135 Å². The lowest BCUT2D eigenvalue weighted by atomic mass is 10.1. The quantitative estimate of drug-likeness (QED) is 0.924. The van der Waals surface area contributed by atoms with Crippen LogP contribution in [-0.4, -0.2) is 34.9 Å². The fraction of sp³-hybridized carbons (Fsp3) is 0.312. The predicted octanol–water partition coefficient (Wildman–Crippen LogP) is 2.66. The van der Waals surface area contributed by atoms with E-state index in [1.54, 1.807) is 11.8 Å². The summed E-state index contributed by atoms with van der Waals surface area (Å²) in [6.45, 7) is 1.43. The lowest BCUT2D eigenvalue weighted by Gasteiger charge is -2.22. The first-order valence-electron chi connectivity index (χ1n) is 6.84. The third-order valence-electron chi connectivity index (χ3n) is 3.62. The van der Waals surface area contributed by atoms with Gasteiger partial charge in [-0.05, 0) is 22.4 Å². The molecule has 1 atom stereocenters. The predicted molar refractivity (Wildman–Crippen MR) is 91.9 cm³/mol. The molecule has 5 heteroatoms. The van der Waals surface area contributed by atoms with Crippen molar-refractivity contribution in [1.29, 1.82) is 0 Å². The van der Waals surface area contributed by atoms with E-state index in [-0.39, 0.29) is 24.4 Å². The number of hydrogen-bond donors (Lipinski definition) is 1. The van der Waals surface area contributed by atoms with Crippen LogP contribution in [0.15, 0.2) is 42.5 Å². The molecule has 1 saturated heterocycles. The minimum absolute atomic E-state index is 0. The van der Waals surface area contributed by atoms with Gasteiger partial charge in [0.15, 0.2) is 0 Å². The van der Waals surface area contributed by atoms with Crippen molar-refractivity contribution in [3.63, 3.8) is 0 Å². The Morgan fingerprint density at radius 2 is 1.95 bits per heavy atom. The van der Waals surface area contributed by atoms with Crippen LogP contribution in [0.1, 0.15) is 5.56 Å². The normalized spacial score (nSPS) is 19.2. The third kappa shape index (κ3) is 3.70. The van der Waals surface area contributed by atoms with Crippen molar-refractivity contribution in [3.8, 4) is 0 Å². The Bertz CT molecular complexity index is 634. The Kier molecular flexibility index (Phi) is 5.51. The first-order chi connectivity index (χ1) is 9.74. The Morgan fingerprint density at radius 1 is 1.19 bits per heavy atom. The Morgan fingerprint density at radius 3 is 2.76 bits per heavy atom. The molecule has 1 aliphatic heterocycles. The molecular formula is C16H19ClN2OS. The van der Waals surface area contributed by atoms with E-state index >= 15 is 0 Å². The molecule has 0 saturated carbocycles. The molecule has 0 aromatic heterocycles. The zero-order valence-electron chi connectivity index (χ0n) is 11.7. The summed E-state index contributed by atoms with van der Waals surface area (Å²) in [4.78, 5) is 14.1. The van der Waals surface area contributed by atoms with Gasteiger partial charge in [-0.3, -0.25) is 4.79 Å². The van der Waals surface area contributed by atoms with Crippen molar-refractivity contribution >= 4 is 40.8 Å². The lowest BCUT2D eigenvalue weighted by Crippen LogP contribution is -2.43. The van der Waals surface area contributed by atoms with Crippen LogP contribution in [0.5, 0.6) is 0 Å². The minimum Gasteiger partial charge on any atom is -0.336 e. The highest BCUT2D eigenvalue weighted by atomic mass is 35.5. The monoisotopic (exact) mass is 322 g/mol. The maximum atomic E-state index is 12.2. The van der Waals surface area contributed by atoms with E-state index in [9.17, 15) is 4.79 Å². The van der Waals surface area contributed by atoms with Gasteiger partial charge in [-0.1, -0.05) is 36.4 Å². The van der Waals surface area contributed by atoms with E-state index in [1.807, 2.05) is 17.0 Å². The van der Waals surface area contributed by atoms with Crippen LogP contribution in [0.4, 0.5) is 0 Å². The molecule has 1 unspecified atom stereocenters. The first kappa shape index (κ1) is 16.1. The molecule has 3 nitrogen and oxygen atoms in total. The summed E-state index contributed by atoms with van der Waals surface area (Å²) in [5.41, 5.74) is 7.06. The number of carbonyl (C=O) groups excluding carboxylic acids is 1. The summed E-state index contributed by atoms with van der Waals surface area (Å²) >= 11 is 1.76. The van der Waals surface area contributed by atoms with Crippen molar-refractivity contribution in [2.24, 2.45) is 5.73 Å². The standard InChI is InChI=1S/C16H18N2OS.ClH/c17-15-11-20-8-7-18(16(15)19)10-12-5-6-13-3-1-2-4-14(13)9-12;/h1-6,9,15H,7-8,10-11,17H2;1H. The number of nitrogens with zero attached hydrogens (tertiary/aromatic N) is 1. The molecule has 2 aromatic rings. The molecule has 1 aliphatic rings. The molecule has 112 valence electrons. The molecule has 0 bridgehead atoms. The van der Waals surface area contributed by atoms with Crippen molar-refractivity contribution in [3.05, 3.63) is 48.0 Å². The Hall–Kier alpha value is -1.23. The molecular weight excluding hydrogens is 304 g/mol. The number of thioether (sulfide) groups is 1. The number of amides is 1.